The van der Waals surface area contributed by atoms with Crippen molar-refractivity contribution in [3.63, 3.8) is 0 Å². The number of thiazole rings is 1. The molecule has 1 heterocycles. The van der Waals surface area contributed by atoms with E-state index in [9.17, 15) is 18.0 Å². The zero-order valence-electron chi connectivity index (χ0n) is 16.5. The lowest BCUT2D eigenvalue weighted by atomic mass is 10.2. The minimum Gasteiger partial charge on any atom is -0.354 e. The fourth-order valence-electron chi connectivity index (χ4n) is 2.79. The number of amides is 1. The van der Waals surface area contributed by atoms with Crippen LogP contribution in [0.15, 0.2) is 53.4 Å². The number of benzene rings is 2. The van der Waals surface area contributed by atoms with Gasteiger partial charge in [-0.15, -0.1) is 11.3 Å². The van der Waals surface area contributed by atoms with E-state index < -0.39 is 5.51 Å². The van der Waals surface area contributed by atoms with Crippen molar-refractivity contribution in [1.82, 2.24) is 10.3 Å². The number of carbonyl (C=O) groups is 1. The van der Waals surface area contributed by atoms with Crippen molar-refractivity contribution in [2.75, 3.05) is 11.9 Å². The van der Waals surface area contributed by atoms with Crippen LogP contribution in [-0.2, 0) is 6.54 Å². The third-order valence-electron chi connectivity index (χ3n) is 4.26. The number of nitrogens with zero attached hydrogens (tertiary/aromatic N) is 3. The van der Waals surface area contributed by atoms with Gasteiger partial charge in [0.05, 0.1) is 18.2 Å². The van der Waals surface area contributed by atoms with Gasteiger partial charge in [0, 0.05) is 22.5 Å². The highest BCUT2D eigenvalue weighted by Gasteiger charge is 2.29. The quantitative estimate of drug-likeness (QED) is 0.481. The lowest BCUT2D eigenvalue weighted by molar-refractivity contribution is -0.0328. The number of hydrogen-bond acceptors (Lipinski definition) is 6. The lowest BCUT2D eigenvalue weighted by Crippen LogP contribution is -2.20. The van der Waals surface area contributed by atoms with Crippen LogP contribution in [0.4, 0.5) is 24.0 Å². The van der Waals surface area contributed by atoms with Crippen LogP contribution in [-0.4, -0.2) is 23.4 Å². The Labute approximate surface area is 185 Å². The maximum absolute atomic E-state index is 12.6. The first-order valence-corrected chi connectivity index (χ1v) is 10.7. The van der Waals surface area contributed by atoms with E-state index in [1.165, 1.54) is 30.5 Å². The molecule has 0 aliphatic heterocycles. The Bertz CT molecular complexity index is 1100. The van der Waals surface area contributed by atoms with Crippen molar-refractivity contribution in [2.24, 2.45) is 0 Å². The largest absolute Gasteiger partial charge is 0.446 e. The molecule has 31 heavy (non-hydrogen) atoms. The monoisotopic (exact) mass is 462 g/mol. The van der Waals surface area contributed by atoms with Crippen LogP contribution < -0.4 is 10.2 Å². The molecule has 2 aromatic carbocycles. The van der Waals surface area contributed by atoms with Gasteiger partial charge < -0.3 is 10.2 Å². The molecule has 0 atom stereocenters. The zero-order chi connectivity index (χ0) is 22.6. The first kappa shape index (κ1) is 22.7. The second kappa shape index (κ2) is 9.41. The van der Waals surface area contributed by atoms with Crippen LogP contribution >= 0.6 is 23.1 Å². The second-order valence-electron chi connectivity index (χ2n) is 6.42. The molecule has 0 bridgehead atoms. The molecule has 5 nitrogen and oxygen atoms in total. The Hall–Kier alpha value is -3.03. The fourth-order valence-corrected chi connectivity index (χ4v) is 4.26. The number of halogens is 3. The number of hydrogen-bond donors (Lipinski definition) is 1. The SMILES string of the molecule is CNC(=O)c1nc(N(Cc2ccc(SC(F)(F)F)cc2)c2ccc(C#N)cc2)sc1C. The molecule has 10 heteroatoms. The van der Waals surface area contributed by atoms with Gasteiger partial charge in [-0.1, -0.05) is 12.1 Å². The smallest absolute Gasteiger partial charge is 0.354 e. The van der Waals surface area contributed by atoms with Gasteiger partial charge in [0.15, 0.2) is 5.13 Å². The normalized spacial score (nSPS) is 11.1. The number of alkyl halides is 3. The minimum absolute atomic E-state index is 0.105. The van der Waals surface area contributed by atoms with Crippen LogP contribution in [0.25, 0.3) is 0 Å². The van der Waals surface area contributed by atoms with Crippen LogP contribution in [0.2, 0.25) is 0 Å². The van der Waals surface area contributed by atoms with Gasteiger partial charge >= 0.3 is 5.51 Å². The molecular formula is C21H17F3N4OS2. The topological polar surface area (TPSA) is 69.0 Å². The van der Waals surface area contributed by atoms with E-state index in [2.05, 4.69) is 16.4 Å². The summed E-state index contributed by atoms with van der Waals surface area (Å²) in [6.45, 7) is 2.12. The summed E-state index contributed by atoms with van der Waals surface area (Å²) in [7, 11) is 1.53. The van der Waals surface area contributed by atoms with E-state index in [1.54, 1.807) is 43.3 Å². The Morgan fingerprint density at radius 3 is 2.39 bits per heavy atom. The minimum atomic E-state index is -4.34. The summed E-state index contributed by atoms with van der Waals surface area (Å²) in [6, 6.07) is 15.0. The average Bonchev–Trinajstić information content (AvgIpc) is 3.13. The highest BCUT2D eigenvalue weighted by atomic mass is 32.2. The second-order valence-corrected chi connectivity index (χ2v) is 8.74. The van der Waals surface area contributed by atoms with Crippen molar-refractivity contribution in [1.29, 1.82) is 5.26 Å². The molecule has 1 aromatic heterocycles. The van der Waals surface area contributed by atoms with Gasteiger partial charge in [-0.2, -0.15) is 18.4 Å². The summed E-state index contributed by atoms with van der Waals surface area (Å²) in [5.74, 6) is -0.298. The molecule has 0 aliphatic rings. The number of anilines is 2. The molecule has 0 radical (unpaired) electrons. The Morgan fingerprint density at radius 2 is 1.84 bits per heavy atom. The first-order chi connectivity index (χ1) is 14.7. The summed E-state index contributed by atoms with van der Waals surface area (Å²) in [5, 5.41) is 12.2. The lowest BCUT2D eigenvalue weighted by Gasteiger charge is -2.22. The first-order valence-electron chi connectivity index (χ1n) is 9.02. The molecule has 0 fully saturated rings. The summed E-state index contributed by atoms with van der Waals surface area (Å²) in [4.78, 5) is 19.3. The van der Waals surface area contributed by atoms with Crippen molar-refractivity contribution in [2.45, 2.75) is 23.9 Å². The van der Waals surface area contributed by atoms with Gasteiger partial charge in [-0.3, -0.25) is 4.79 Å². The molecule has 0 aliphatic carbocycles. The number of aryl methyl sites for hydroxylation is 1. The Morgan fingerprint density at radius 1 is 1.19 bits per heavy atom. The molecular weight excluding hydrogens is 445 g/mol. The maximum atomic E-state index is 12.6. The predicted octanol–water partition coefficient (Wildman–Crippen LogP) is 5.63. The van der Waals surface area contributed by atoms with E-state index in [0.29, 0.717) is 22.9 Å². The van der Waals surface area contributed by atoms with Crippen LogP contribution in [0.5, 0.6) is 0 Å². The zero-order valence-corrected chi connectivity index (χ0v) is 18.2. The predicted molar refractivity (Wildman–Crippen MR) is 116 cm³/mol. The van der Waals surface area contributed by atoms with Crippen molar-refractivity contribution >= 4 is 39.8 Å². The van der Waals surface area contributed by atoms with Crippen LogP contribution in [0, 0.1) is 18.3 Å². The number of nitriles is 1. The van der Waals surface area contributed by atoms with E-state index >= 15 is 0 Å². The van der Waals surface area contributed by atoms with E-state index in [0.717, 1.165) is 16.1 Å². The van der Waals surface area contributed by atoms with Crippen molar-refractivity contribution < 1.29 is 18.0 Å². The molecule has 0 unspecified atom stereocenters. The summed E-state index contributed by atoms with van der Waals surface area (Å²) >= 11 is 1.17. The van der Waals surface area contributed by atoms with Gasteiger partial charge in [0.25, 0.3) is 5.91 Å². The van der Waals surface area contributed by atoms with E-state index in [-0.39, 0.29) is 22.6 Å². The molecule has 160 valence electrons. The van der Waals surface area contributed by atoms with Crippen molar-refractivity contribution in [3.05, 3.63) is 70.2 Å². The van der Waals surface area contributed by atoms with Gasteiger partial charge in [-0.25, -0.2) is 4.98 Å². The van der Waals surface area contributed by atoms with Crippen LogP contribution in [0.3, 0.4) is 0 Å². The number of thioether (sulfide) groups is 1. The molecule has 1 N–H and O–H groups in total. The molecule has 0 saturated heterocycles. The standard InChI is InChI=1S/C21H17F3N4OS2/c1-13-18(19(29)26-2)27-20(30-13)28(16-7-3-14(11-25)4-8-16)12-15-5-9-17(10-6-15)31-21(22,23)24/h3-10H,12H2,1-2H3,(H,26,29). The summed E-state index contributed by atoms with van der Waals surface area (Å²) < 4.78 is 37.8. The van der Waals surface area contributed by atoms with Gasteiger partial charge in [-0.05, 0) is 60.6 Å². The average molecular weight is 463 g/mol. The van der Waals surface area contributed by atoms with E-state index in [1.807, 2.05) is 4.90 Å². The summed E-state index contributed by atoms with van der Waals surface area (Å²) in [5.41, 5.74) is -2.02. The van der Waals surface area contributed by atoms with E-state index in [4.69, 9.17) is 5.26 Å². The molecule has 3 rings (SSSR count). The van der Waals surface area contributed by atoms with Crippen LogP contribution in [0.1, 0.15) is 26.5 Å². The molecule has 0 saturated carbocycles. The van der Waals surface area contributed by atoms with Gasteiger partial charge in [0.2, 0.25) is 0 Å². The third kappa shape index (κ3) is 5.77. The highest BCUT2D eigenvalue weighted by Crippen LogP contribution is 2.37. The molecule has 1 amide bonds. The highest BCUT2D eigenvalue weighted by molar-refractivity contribution is 8.00. The fraction of sp³-hybridized carbons (Fsp3) is 0.190. The van der Waals surface area contributed by atoms with Gasteiger partial charge in [0.1, 0.15) is 5.69 Å². The molecule has 3 aromatic rings. The molecule has 0 spiro atoms. The number of aromatic nitrogens is 1. The summed E-state index contributed by atoms with van der Waals surface area (Å²) in [6.07, 6.45) is 0. The Kier molecular flexibility index (Phi) is 6.87. The number of carbonyl (C=O) groups excluding carboxylic acids is 1. The van der Waals surface area contributed by atoms with Crippen molar-refractivity contribution in [3.8, 4) is 6.07 Å². The number of rotatable bonds is 6. The maximum Gasteiger partial charge on any atom is 0.446 e. The third-order valence-corrected chi connectivity index (χ3v) is 6.00. The Balaban J connectivity index is 1.95. The number of nitrogens with one attached hydrogen (secondary N) is 1.